The van der Waals surface area contributed by atoms with Crippen LogP contribution in [0.4, 0.5) is 5.69 Å². The van der Waals surface area contributed by atoms with Crippen molar-refractivity contribution in [3.05, 3.63) is 77.4 Å². The Hall–Kier alpha value is -3.67. The number of nitrogens with zero attached hydrogens (tertiary/aromatic N) is 3. The predicted octanol–water partition coefficient (Wildman–Crippen LogP) is 3.70. The summed E-state index contributed by atoms with van der Waals surface area (Å²) in [5.74, 6) is 0. The topological polar surface area (TPSA) is 77.7 Å². The Morgan fingerprint density at radius 2 is 1.89 bits per heavy atom. The molecule has 0 atom stereocenters. The third kappa shape index (κ3) is 2.71. The fourth-order valence-corrected chi connectivity index (χ4v) is 3.49. The van der Waals surface area contributed by atoms with Gasteiger partial charge in [-0.25, -0.2) is 5.10 Å². The zero-order chi connectivity index (χ0) is 18.2. The van der Waals surface area contributed by atoms with Crippen LogP contribution in [0.25, 0.3) is 33.3 Å². The van der Waals surface area contributed by atoms with Gasteiger partial charge >= 0.3 is 0 Å². The van der Waals surface area contributed by atoms with Gasteiger partial charge < -0.3 is 4.90 Å². The minimum Gasteiger partial charge on any atom is -0.348 e. The summed E-state index contributed by atoms with van der Waals surface area (Å²) < 4.78 is 0. The Morgan fingerprint density at radius 3 is 2.70 bits per heavy atom. The van der Waals surface area contributed by atoms with Crippen LogP contribution in [0.2, 0.25) is 0 Å². The van der Waals surface area contributed by atoms with Crippen LogP contribution < -0.4 is 10.5 Å². The van der Waals surface area contributed by atoms with E-state index in [0.717, 1.165) is 46.4 Å². The van der Waals surface area contributed by atoms with E-state index in [1.165, 1.54) is 0 Å². The Balaban J connectivity index is 1.57. The van der Waals surface area contributed by atoms with E-state index in [2.05, 4.69) is 49.7 Å². The van der Waals surface area contributed by atoms with E-state index >= 15 is 0 Å². The van der Waals surface area contributed by atoms with Gasteiger partial charge in [-0.2, -0.15) is 10.2 Å². The lowest BCUT2D eigenvalue weighted by Crippen LogP contribution is -2.12. The van der Waals surface area contributed by atoms with Crippen LogP contribution in [-0.4, -0.2) is 26.9 Å². The first-order valence-corrected chi connectivity index (χ1v) is 8.85. The Labute approximate surface area is 155 Å². The number of rotatable bonds is 3. The lowest BCUT2D eigenvalue weighted by Gasteiger charge is -2.15. The molecule has 0 spiro atoms. The second-order valence-corrected chi connectivity index (χ2v) is 6.55. The number of benzene rings is 2. The molecule has 132 valence electrons. The molecule has 0 saturated carbocycles. The van der Waals surface area contributed by atoms with Crippen LogP contribution in [0.1, 0.15) is 6.42 Å². The Kier molecular flexibility index (Phi) is 3.60. The van der Waals surface area contributed by atoms with Crippen molar-refractivity contribution < 1.29 is 0 Å². The number of anilines is 1. The maximum absolute atomic E-state index is 12.4. The molecule has 0 amide bonds. The van der Waals surface area contributed by atoms with Crippen molar-refractivity contribution in [1.29, 1.82) is 0 Å². The van der Waals surface area contributed by atoms with E-state index in [-0.39, 0.29) is 5.56 Å². The molecule has 0 bridgehead atoms. The average Bonchev–Trinajstić information content (AvgIpc) is 3.40. The van der Waals surface area contributed by atoms with E-state index in [1.807, 2.05) is 36.4 Å². The molecule has 6 heteroatoms. The average molecular weight is 355 g/mol. The van der Waals surface area contributed by atoms with Gasteiger partial charge in [-0.15, -0.1) is 0 Å². The van der Waals surface area contributed by atoms with E-state index in [1.54, 1.807) is 6.20 Å². The summed E-state index contributed by atoms with van der Waals surface area (Å²) in [5.41, 5.74) is 4.94. The fraction of sp³-hybridized carbons (Fsp3) is 0.0952. The summed E-state index contributed by atoms with van der Waals surface area (Å²) in [6, 6.07) is 15.8. The zero-order valence-electron chi connectivity index (χ0n) is 14.5. The summed E-state index contributed by atoms with van der Waals surface area (Å²) in [5, 5.41) is 14.8. The third-order valence-corrected chi connectivity index (χ3v) is 4.90. The van der Waals surface area contributed by atoms with E-state index in [0.29, 0.717) is 5.56 Å². The summed E-state index contributed by atoms with van der Waals surface area (Å²) >= 11 is 0. The smallest absolute Gasteiger partial charge is 0.272 e. The fourth-order valence-electron chi connectivity index (χ4n) is 3.49. The molecule has 0 aliphatic carbocycles. The number of hydrogen-bond donors (Lipinski definition) is 2. The number of hydrogen-bond acceptors (Lipinski definition) is 4. The van der Waals surface area contributed by atoms with E-state index in [4.69, 9.17) is 0 Å². The molecule has 0 unspecified atom stereocenters. The van der Waals surface area contributed by atoms with Crippen molar-refractivity contribution in [1.82, 2.24) is 20.4 Å². The van der Waals surface area contributed by atoms with Crippen molar-refractivity contribution in [3.63, 3.8) is 0 Å². The molecule has 2 aromatic heterocycles. The number of aromatic nitrogens is 4. The number of H-pyrrole nitrogens is 2. The highest BCUT2D eigenvalue weighted by molar-refractivity contribution is 5.94. The first-order chi connectivity index (χ1) is 13.3. The summed E-state index contributed by atoms with van der Waals surface area (Å²) in [7, 11) is 0. The van der Waals surface area contributed by atoms with Gasteiger partial charge in [-0.05, 0) is 36.2 Å². The zero-order valence-corrected chi connectivity index (χ0v) is 14.5. The van der Waals surface area contributed by atoms with Gasteiger partial charge in [-0.1, -0.05) is 30.3 Å². The molecule has 0 saturated heterocycles. The number of fused-ring (bicyclic) bond motifs is 1. The van der Waals surface area contributed by atoms with Crippen LogP contribution in [0, 0.1) is 0 Å². The molecule has 6 nitrogen and oxygen atoms in total. The lowest BCUT2D eigenvalue weighted by atomic mass is 10.0. The van der Waals surface area contributed by atoms with E-state index in [9.17, 15) is 4.79 Å². The molecular weight excluding hydrogens is 338 g/mol. The first-order valence-electron chi connectivity index (χ1n) is 8.85. The van der Waals surface area contributed by atoms with Crippen LogP contribution >= 0.6 is 0 Å². The van der Waals surface area contributed by atoms with Crippen molar-refractivity contribution in [2.45, 2.75) is 6.42 Å². The molecular formula is C21H17N5O. The molecule has 0 radical (unpaired) electrons. The van der Waals surface area contributed by atoms with Crippen LogP contribution in [0.5, 0.6) is 0 Å². The van der Waals surface area contributed by atoms with Crippen molar-refractivity contribution in [3.8, 4) is 22.4 Å². The van der Waals surface area contributed by atoms with Crippen LogP contribution in [0.3, 0.4) is 0 Å². The third-order valence-electron chi connectivity index (χ3n) is 4.90. The molecule has 2 aromatic carbocycles. The monoisotopic (exact) mass is 355 g/mol. The summed E-state index contributed by atoms with van der Waals surface area (Å²) in [4.78, 5) is 14.7. The second-order valence-electron chi connectivity index (χ2n) is 6.55. The van der Waals surface area contributed by atoms with Crippen molar-refractivity contribution in [2.24, 2.45) is 0 Å². The van der Waals surface area contributed by atoms with Crippen molar-refractivity contribution in [2.75, 3.05) is 11.4 Å². The highest BCUT2D eigenvalue weighted by Gasteiger charge is 2.12. The molecule has 5 rings (SSSR count). The molecule has 0 fully saturated rings. The van der Waals surface area contributed by atoms with Gasteiger partial charge in [0.15, 0.2) is 0 Å². The van der Waals surface area contributed by atoms with Gasteiger partial charge in [0.25, 0.3) is 5.56 Å². The SMILES string of the molecule is O=c1[nH]nc(-c2ccc(N3C=CCC3)cc2)cc1-c1cccc2[nH]ncc12. The number of aromatic amines is 2. The molecule has 1 aliphatic rings. The highest BCUT2D eigenvalue weighted by atomic mass is 16.1. The lowest BCUT2D eigenvalue weighted by molar-refractivity contribution is 0.994. The predicted molar refractivity (Wildman–Crippen MR) is 106 cm³/mol. The quantitative estimate of drug-likeness (QED) is 0.587. The molecule has 4 aromatic rings. The van der Waals surface area contributed by atoms with Gasteiger partial charge in [0.05, 0.1) is 23.0 Å². The second kappa shape index (κ2) is 6.25. The van der Waals surface area contributed by atoms with Crippen molar-refractivity contribution >= 4 is 16.6 Å². The Morgan fingerprint density at radius 1 is 1.00 bits per heavy atom. The van der Waals surface area contributed by atoms with E-state index < -0.39 is 0 Å². The highest BCUT2D eigenvalue weighted by Crippen LogP contribution is 2.28. The minimum absolute atomic E-state index is 0.216. The molecule has 3 heterocycles. The minimum atomic E-state index is -0.216. The van der Waals surface area contributed by atoms with Gasteiger partial charge in [0.1, 0.15) is 0 Å². The molecule has 2 N–H and O–H groups in total. The van der Waals surface area contributed by atoms with Crippen LogP contribution in [0.15, 0.2) is 71.8 Å². The largest absolute Gasteiger partial charge is 0.348 e. The van der Waals surface area contributed by atoms with Gasteiger partial charge in [0.2, 0.25) is 0 Å². The normalized spacial score (nSPS) is 13.6. The molecule has 1 aliphatic heterocycles. The summed E-state index contributed by atoms with van der Waals surface area (Å²) in [6.07, 6.45) is 7.09. The molecule has 27 heavy (non-hydrogen) atoms. The maximum atomic E-state index is 12.4. The number of nitrogens with one attached hydrogen (secondary N) is 2. The maximum Gasteiger partial charge on any atom is 0.272 e. The van der Waals surface area contributed by atoms with Crippen LogP contribution in [-0.2, 0) is 0 Å². The standard InChI is InChI=1S/C21H17N5O/c27-21-17(16-4-3-5-19-18(16)13-22-23-19)12-20(24-25-21)14-6-8-15(9-7-14)26-10-1-2-11-26/h1,3-10,12-13H,2,11H2,(H,22,23)(H,25,27). The van der Waals surface area contributed by atoms with Gasteiger partial charge in [-0.3, -0.25) is 9.89 Å². The first kappa shape index (κ1) is 15.6. The van der Waals surface area contributed by atoms with Gasteiger partial charge in [0, 0.05) is 29.4 Å². The Bertz CT molecular complexity index is 1200. The summed E-state index contributed by atoms with van der Waals surface area (Å²) in [6.45, 7) is 1.01.